The van der Waals surface area contributed by atoms with Crippen molar-refractivity contribution in [1.29, 1.82) is 0 Å². The van der Waals surface area contributed by atoms with Crippen molar-refractivity contribution in [2.75, 3.05) is 19.4 Å². The van der Waals surface area contributed by atoms with Crippen LogP contribution < -0.4 is 5.32 Å². The summed E-state index contributed by atoms with van der Waals surface area (Å²) in [5.41, 5.74) is 0.948. The van der Waals surface area contributed by atoms with Crippen LogP contribution in [-0.4, -0.2) is 45.1 Å². The van der Waals surface area contributed by atoms with Crippen LogP contribution in [0.4, 0.5) is 5.69 Å². The predicted molar refractivity (Wildman–Crippen MR) is 77.2 cm³/mol. The van der Waals surface area contributed by atoms with Crippen molar-refractivity contribution < 1.29 is 13.2 Å². The highest BCUT2D eigenvalue weighted by atomic mass is 32.2. The normalized spacial score (nSPS) is 29.1. The highest BCUT2D eigenvalue weighted by Gasteiger charge is 2.40. The first-order valence-electron chi connectivity index (χ1n) is 6.91. The van der Waals surface area contributed by atoms with E-state index in [9.17, 15) is 8.42 Å². The van der Waals surface area contributed by atoms with E-state index < -0.39 is 10.0 Å². The summed E-state index contributed by atoms with van der Waals surface area (Å²) in [5.74, 6) is 0. The van der Waals surface area contributed by atoms with E-state index in [0.717, 1.165) is 18.5 Å². The molecular weight excluding hydrogens is 276 g/mol. The third-order valence-corrected chi connectivity index (χ3v) is 5.92. The van der Waals surface area contributed by atoms with Gasteiger partial charge in [-0.15, -0.1) is 0 Å². The minimum atomic E-state index is -3.35. The van der Waals surface area contributed by atoms with Gasteiger partial charge in [-0.05, 0) is 43.5 Å². The number of nitrogens with zero attached hydrogens (tertiary/aromatic N) is 1. The maximum absolute atomic E-state index is 12.0. The zero-order chi connectivity index (χ0) is 14.3. The van der Waals surface area contributed by atoms with E-state index in [2.05, 4.69) is 5.32 Å². The summed E-state index contributed by atoms with van der Waals surface area (Å²) in [6.45, 7) is 0. The number of nitrogens with one attached hydrogen (secondary N) is 1. The Hall–Kier alpha value is -1.11. The largest absolute Gasteiger partial charge is 0.380 e. The molecule has 1 aromatic rings. The summed E-state index contributed by atoms with van der Waals surface area (Å²) < 4.78 is 31.0. The number of sulfonamides is 1. The quantitative estimate of drug-likeness (QED) is 0.918. The number of hydrogen-bond donors (Lipinski definition) is 1. The van der Waals surface area contributed by atoms with Gasteiger partial charge in [0, 0.05) is 19.8 Å². The Morgan fingerprint density at radius 2 is 1.90 bits per heavy atom. The highest BCUT2D eigenvalue weighted by molar-refractivity contribution is 7.89. The number of hydrogen-bond acceptors (Lipinski definition) is 4. The number of anilines is 1. The second-order valence-electron chi connectivity index (χ2n) is 5.67. The van der Waals surface area contributed by atoms with Gasteiger partial charge < -0.3 is 10.1 Å². The molecule has 2 fully saturated rings. The standard InChI is InChI=1S/C14H20N2O3S/c1-16(2)20(17,18)12-6-3-10(4-7-12)15-13-9-11-5-8-14(13)19-11/h3-4,6-7,11,13-15H,5,8-9H2,1-2H3. The molecular formula is C14H20N2O3S. The van der Waals surface area contributed by atoms with Crippen molar-refractivity contribution >= 4 is 15.7 Å². The lowest BCUT2D eigenvalue weighted by Gasteiger charge is -2.21. The summed E-state index contributed by atoms with van der Waals surface area (Å²) in [6, 6.07) is 7.28. The third kappa shape index (κ3) is 2.43. The van der Waals surface area contributed by atoms with E-state index in [1.165, 1.54) is 24.8 Å². The lowest BCUT2D eigenvalue weighted by molar-refractivity contribution is 0.102. The Labute approximate surface area is 120 Å². The third-order valence-electron chi connectivity index (χ3n) is 4.09. The lowest BCUT2D eigenvalue weighted by Crippen LogP contribution is -2.30. The van der Waals surface area contributed by atoms with E-state index in [-0.39, 0.29) is 0 Å². The first kappa shape index (κ1) is 13.9. The maximum atomic E-state index is 12.0. The van der Waals surface area contributed by atoms with Crippen LogP contribution >= 0.6 is 0 Å². The Morgan fingerprint density at radius 3 is 2.40 bits per heavy atom. The van der Waals surface area contributed by atoms with Gasteiger partial charge in [0.2, 0.25) is 10.0 Å². The molecule has 2 heterocycles. The zero-order valence-corrected chi connectivity index (χ0v) is 12.6. The molecule has 5 nitrogen and oxygen atoms in total. The van der Waals surface area contributed by atoms with Gasteiger partial charge in [-0.25, -0.2) is 12.7 Å². The molecule has 1 aromatic carbocycles. The summed E-state index contributed by atoms with van der Waals surface area (Å²) in [4.78, 5) is 0.317. The fourth-order valence-corrected chi connectivity index (χ4v) is 3.84. The Bertz CT molecular complexity index is 583. The van der Waals surface area contributed by atoms with Crippen molar-refractivity contribution in [3.63, 3.8) is 0 Å². The van der Waals surface area contributed by atoms with Crippen molar-refractivity contribution in [3.05, 3.63) is 24.3 Å². The average Bonchev–Trinajstić information content (AvgIpc) is 3.01. The second-order valence-corrected chi connectivity index (χ2v) is 7.82. The SMILES string of the molecule is CN(C)S(=O)(=O)c1ccc(NC2CC3CCC2O3)cc1. The van der Waals surface area contributed by atoms with E-state index in [1.807, 2.05) is 12.1 Å². The Kier molecular flexibility index (Phi) is 3.48. The van der Waals surface area contributed by atoms with Gasteiger partial charge in [-0.3, -0.25) is 0 Å². The first-order valence-corrected chi connectivity index (χ1v) is 8.35. The van der Waals surface area contributed by atoms with Crippen LogP contribution in [0.5, 0.6) is 0 Å². The number of rotatable bonds is 4. The Balaban J connectivity index is 1.71. The predicted octanol–water partition coefficient (Wildman–Crippen LogP) is 1.67. The van der Waals surface area contributed by atoms with Gasteiger partial charge in [-0.2, -0.15) is 0 Å². The molecule has 2 saturated heterocycles. The maximum Gasteiger partial charge on any atom is 0.242 e. The van der Waals surface area contributed by atoms with Gasteiger partial charge in [0.05, 0.1) is 23.1 Å². The van der Waals surface area contributed by atoms with Crippen LogP contribution in [0.1, 0.15) is 19.3 Å². The first-order chi connectivity index (χ1) is 9.46. The van der Waals surface area contributed by atoms with Gasteiger partial charge in [-0.1, -0.05) is 0 Å². The molecule has 1 N–H and O–H groups in total. The van der Waals surface area contributed by atoms with Gasteiger partial charge in [0.25, 0.3) is 0 Å². The van der Waals surface area contributed by atoms with Gasteiger partial charge in [0.15, 0.2) is 0 Å². The fraction of sp³-hybridized carbons (Fsp3) is 0.571. The second kappa shape index (κ2) is 5.02. The van der Waals surface area contributed by atoms with Gasteiger partial charge in [0.1, 0.15) is 0 Å². The van der Waals surface area contributed by atoms with Crippen LogP contribution in [-0.2, 0) is 14.8 Å². The molecule has 3 rings (SSSR count). The van der Waals surface area contributed by atoms with Crippen molar-refractivity contribution in [2.24, 2.45) is 0 Å². The molecule has 0 saturated carbocycles. The van der Waals surface area contributed by atoms with Crippen LogP contribution in [0.15, 0.2) is 29.2 Å². The van der Waals surface area contributed by atoms with Gasteiger partial charge >= 0.3 is 0 Å². The topological polar surface area (TPSA) is 58.6 Å². The average molecular weight is 296 g/mol. The van der Waals surface area contributed by atoms with Crippen LogP contribution in [0, 0.1) is 0 Å². The number of benzene rings is 1. The molecule has 0 spiro atoms. The summed E-state index contributed by atoms with van der Waals surface area (Å²) in [5, 5.41) is 3.45. The smallest absolute Gasteiger partial charge is 0.242 e. The molecule has 6 heteroatoms. The summed E-state index contributed by atoms with van der Waals surface area (Å²) >= 11 is 0. The monoisotopic (exact) mass is 296 g/mol. The van der Waals surface area contributed by atoms with Crippen LogP contribution in [0.3, 0.4) is 0 Å². The fourth-order valence-electron chi connectivity index (χ4n) is 2.94. The zero-order valence-electron chi connectivity index (χ0n) is 11.7. The molecule has 0 aromatic heterocycles. The van der Waals surface area contributed by atoms with Crippen LogP contribution in [0.2, 0.25) is 0 Å². The Morgan fingerprint density at radius 1 is 1.20 bits per heavy atom. The van der Waals surface area contributed by atoms with Crippen molar-refractivity contribution in [3.8, 4) is 0 Å². The van der Waals surface area contributed by atoms with Crippen molar-refractivity contribution in [2.45, 2.75) is 42.4 Å². The molecule has 3 unspecified atom stereocenters. The van der Waals surface area contributed by atoms with E-state index in [0.29, 0.717) is 23.1 Å². The molecule has 20 heavy (non-hydrogen) atoms. The van der Waals surface area contributed by atoms with Crippen LogP contribution in [0.25, 0.3) is 0 Å². The number of fused-ring (bicyclic) bond motifs is 2. The highest BCUT2D eigenvalue weighted by Crippen LogP contribution is 2.36. The minimum absolute atomic E-state index is 0.310. The molecule has 2 aliphatic heterocycles. The molecule has 0 radical (unpaired) electrons. The van der Waals surface area contributed by atoms with E-state index >= 15 is 0 Å². The molecule has 3 atom stereocenters. The summed E-state index contributed by atoms with van der Waals surface area (Å²) in [7, 11) is -0.277. The minimum Gasteiger partial charge on any atom is -0.380 e. The molecule has 2 aliphatic rings. The molecule has 0 aliphatic carbocycles. The lowest BCUT2D eigenvalue weighted by atomic mass is 9.95. The van der Waals surface area contributed by atoms with E-state index in [4.69, 9.17) is 4.74 Å². The number of ether oxygens (including phenoxy) is 1. The van der Waals surface area contributed by atoms with E-state index in [1.54, 1.807) is 12.1 Å². The molecule has 0 amide bonds. The molecule has 2 bridgehead atoms. The molecule has 110 valence electrons. The summed E-state index contributed by atoms with van der Waals surface area (Å²) in [6.07, 6.45) is 4.05. The van der Waals surface area contributed by atoms with Crippen molar-refractivity contribution in [1.82, 2.24) is 4.31 Å².